The highest BCUT2D eigenvalue weighted by molar-refractivity contribution is 5.34. The summed E-state index contributed by atoms with van der Waals surface area (Å²) in [6.45, 7) is 1.92. The molecule has 54 valence electrons. The van der Waals surface area contributed by atoms with Crippen molar-refractivity contribution in [3.8, 4) is 0 Å². The van der Waals surface area contributed by atoms with Crippen molar-refractivity contribution in [1.82, 2.24) is 5.32 Å². The van der Waals surface area contributed by atoms with Crippen LogP contribution in [0.4, 0.5) is 0 Å². The first-order valence-corrected chi connectivity index (χ1v) is 3.07. The van der Waals surface area contributed by atoms with Gasteiger partial charge in [-0.15, -0.1) is 0 Å². The van der Waals surface area contributed by atoms with Crippen molar-refractivity contribution in [2.24, 2.45) is 11.5 Å². The molecule has 0 spiro atoms. The van der Waals surface area contributed by atoms with Crippen molar-refractivity contribution in [2.75, 3.05) is 0 Å². The van der Waals surface area contributed by atoms with Crippen LogP contribution in [-0.2, 0) is 0 Å². The zero-order chi connectivity index (χ0) is 7.56. The Balaban J connectivity index is 3.00. The fourth-order valence-electron chi connectivity index (χ4n) is 0.710. The molecule has 1 rings (SSSR count). The fourth-order valence-corrected chi connectivity index (χ4v) is 0.710. The smallest absolute Gasteiger partial charge is 0.124 e. The Morgan fingerprint density at radius 1 is 1.40 bits per heavy atom. The van der Waals surface area contributed by atoms with Crippen molar-refractivity contribution in [1.29, 1.82) is 0 Å². The van der Waals surface area contributed by atoms with Gasteiger partial charge in [0.1, 0.15) is 5.82 Å². The normalized spacial score (nSPS) is 17.9. The molecule has 0 aromatic rings. The quantitative estimate of drug-likeness (QED) is 0.445. The van der Waals surface area contributed by atoms with Crippen molar-refractivity contribution in [3.63, 3.8) is 0 Å². The SMILES string of the molecule is CC1=CC=CNC(N)=C1N. The van der Waals surface area contributed by atoms with Crippen LogP contribution < -0.4 is 16.8 Å². The molecule has 3 heteroatoms. The lowest BCUT2D eigenvalue weighted by molar-refractivity contribution is 0.989. The average molecular weight is 137 g/mol. The van der Waals surface area contributed by atoms with Gasteiger partial charge in [-0.2, -0.15) is 0 Å². The maximum atomic E-state index is 5.61. The Bertz CT molecular complexity index is 217. The Labute approximate surface area is 60.1 Å². The predicted octanol–water partition coefficient (Wildman–Crippen LogP) is 0.136. The van der Waals surface area contributed by atoms with Crippen LogP contribution in [0.25, 0.3) is 0 Å². The van der Waals surface area contributed by atoms with Crippen LogP contribution in [0.5, 0.6) is 0 Å². The Morgan fingerprint density at radius 3 is 2.80 bits per heavy atom. The molecule has 0 unspecified atom stereocenters. The van der Waals surface area contributed by atoms with Crippen LogP contribution >= 0.6 is 0 Å². The average Bonchev–Trinajstić information content (AvgIpc) is 2.04. The standard InChI is InChI=1S/C7H11N3/c1-5-3-2-4-10-7(9)6(5)8/h2-4,10H,8-9H2,1H3. The fraction of sp³-hybridized carbons (Fsp3) is 0.143. The van der Waals surface area contributed by atoms with Gasteiger partial charge in [-0.25, -0.2) is 0 Å². The molecule has 0 saturated carbocycles. The van der Waals surface area contributed by atoms with Gasteiger partial charge in [-0.3, -0.25) is 0 Å². The number of allylic oxidation sites excluding steroid dienone is 3. The molecule has 0 aromatic carbocycles. The number of hydrogen-bond acceptors (Lipinski definition) is 3. The second-order valence-corrected chi connectivity index (χ2v) is 2.18. The van der Waals surface area contributed by atoms with E-state index >= 15 is 0 Å². The molecule has 0 fully saturated rings. The minimum absolute atomic E-state index is 0.516. The first kappa shape index (κ1) is 6.74. The molecule has 0 saturated heterocycles. The maximum absolute atomic E-state index is 5.61. The summed E-state index contributed by atoms with van der Waals surface area (Å²) < 4.78 is 0. The van der Waals surface area contributed by atoms with E-state index < -0.39 is 0 Å². The molecule has 10 heavy (non-hydrogen) atoms. The van der Waals surface area contributed by atoms with Crippen molar-refractivity contribution >= 4 is 0 Å². The minimum Gasteiger partial charge on any atom is -0.396 e. The lowest BCUT2D eigenvalue weighted by Gasteiger charge is -2.03. The minimum atomic E-state index is 0.516. The molecular formula is C7H11N3. The summed E-state index contributed by atoms with van der Waals surface area (Å²) in [5.41, 5.74) is 12.7. The predicted molar refractivity (Wildman–Crippen MR) is 41.4 cm³/mol. The first-order chi connectivity index (χ1) is 4.72. The van der Waals surface area contributed by atoms with E-state index in [1.54, 1.807) is 6.20 Å². The monoisotopic (exact) mass is 137 g/mol. The number of nitrogens with two attached hydrogens (primary N) is 2. The molecular weight excluding hydrogens is 126 g/mol. The Morgan fingerprint density at radius 2 is 2.10 bits per heavy atom. The van der Waals surface area contributed by atoms with Crippen LogP contribution in [0.3, 0.4) is 0 Å². The molecule has 0 bridgehead atoms. The van der Waals surface area contributed by atoms with E-state index in [9.17, 15) is 0 Å². The van der Waals surface area contributed by atoms with Gasteiger partial charge < -0.3 is 16.8 Å². The van der Waals surface area contributed by atoms with Crippen LogP contribution in [0.2, 0.25) is 0 Å². The van der Waals surface area contributed by atoms with Gasteiger partial charge in [0.2, 0.25) is 0 Å². The van der Waals surface area contributed by atoms with Gasteiger partial charge in [-0.1, -0.05) is 6.08 Å². The summed E-state index contributed by atoms with van der Waals surface area (Å²) in [4.78, 5) is 0. The largest absolute Gasteiger partial charge is 0.396 e. The zero-order valence-corrected chi connectivity index (χ0v) is 5.89. The van der Waals surface area contributed by atoms with Gasteiger partial charge in [0.05, 0.1) is 5.70 Å². The molecule has 0 aliphatic carbocycles. The van der Waals surface area contributed by atoms with Gasteiger partial charge in [0.15, 0.2) is 0 Å². The molecule has 1 aliphatic rings. The maximum Gasteiger partial charge on any atom is 0.124 e. The summed E-state index contributed by atoms with van der Waals surface area (Å²) >= 11 is 0. The van der Waals surface area contributed by atoms with E-state index in [4.69, 9.17) is 11.5 Å². The molecule has 0 aromatic heterocycles. The molecule has 3 nitrogen and oxygen atoms in total. The van der Waals surface area contributed by atoms with Gasteiger partial charge in [-0.05, 0) is 18.6 Å². The summed E-state index contributed by atoms with van der Waals surface area (Å²) in [5.74, 6) is 0.516. The van der Waals surface area contributed by atoms with E-state index in [-0.39, 0.29) is 0 Å². The van der Waals surface area contributed by atoms with E-state index in [1.165, 1.54) is 0 Å². The van der Waals surface area contributed by atoms with Gasteiger partial charge in [0.25, 0.3) is 0 Å². The second kappa shape index (κ2) is 2.47. The van der Waals surface area contributed by atoms with E-state index in [0.29, 0.717) is 11.5 Å². The third-order valence-electron chi connectivity index (χ3n) is 1.40. The first-order valence-electron chi connectivity index (χ1n) is 3.07. The Hall–Kier alpha value is -1.38. The molecule has 0 atom stereocenters. The van der Waals surface area contributed by atoms with Gasteiger partial charge >= 0.3 is 0 Å². The summed E-state index contributed by atoms with van der Waals surface area (Å²) in [6.07, 6.45) is 5.52. The highest BCUT2D eigenvalue weighted by Crippen LogP contribution is 2.06. The lowest BCUT2D eigenvalue weighted by Crippen LogP contribution is -2.20. The van der Waals surface area contributed by atoms with Crippen LogP contribution in [-0.4, -0.2) is 0 Å². The number of nitrogens with one attached hydrogen (secondary N) is 1. The van der Waals surface area contributed by atoms with Crippen LogP contribution in [0, 0.1) is 0 Å². The van der Waals surface area contributed by atoms with E-state index in [2.05, 4.69) is 5.32 Å². The van der Waals surface area contributed by atoms with Gasteiger partial charge in [0, 0.05) is 6.20 Å². The van der Waals surface area contributed by atoms with Crippen LogP contribution in [0.1, 0.15) is 6.92 Å². The van der Waals surface area contributed by atoms with E-state index in [1.807, 2.05) is 19.1 Å². The summed E-state index contributed by atoms with van der Waals surface area (Å²) in [6, 6.07) is 0. The highest BCUT2D eigenvalue weighted by atomic mass is 15.0. The summed E-state index contributed by atoms with van der Waals surface area (Å²) in [7, 11) is 0. The van der Waals surface area contributed by atoms with Crippen molar-refractivity contribution in [2.45, 2.75) is 6.92 Å². The zero-order valence-electron chi connectivity index (χ0n) is 5.89. The third kappa shape index (κ3) is 1.13. The lowest BCUT2D eigenvalue weighted by atomic mass is 10.2. The highest BCUT2D eigenvalue weighted by Gasteiger charge is 2.00. The Kier molecular flexibility index (Phi) is 1.67. The van der Waals surface area contributed by atoms with E-state index in [0.717, 1.165) is 5.57 Å². The van der Waals surface area contributed by atoms with Crippen molar-refractivity contribution < 1.29 is 0 Å². The number of rotatable bonds is 0. The topological polar surface area (TPSA) is 64.1 Å². The third-order valence-corrected chi connectivity index (χ3v) is 1.40. The molecule has 1 aliphatic heterocycles. The molecule has 0 radical (unpaired) electrons. The summed E-state index contributed by atoms with van der Waals surface area (Å²) in [5, 5.41) is 2.82. The molecule has 0 amide bonds. The second-order valence-electron chi connectivity index (χ2n) is 2.18. The molecule has 1 heterocycles. The van der Waals surface area contributed by atoms with Crippen LogP contribution in [0.15, 0.2) is 35.4 Å². The number of hydrogen-bond donors (Lipinski definition) is 3. The van der Waals surface area contributed by atoms with Crippen molar-refractivity contribution in [3.05, 3.63) is 35.4 Å². The molecule has 5 N–H and O–H groups in total.